The molecule has 2 aromatic rings. The van der Waals surface area contributed by atoms with Gasteiger partial charge in [-0.3, -0.25) is 19.7 Å². The number of oxime groups is 1. The summed E-state index contributed by atoms with van der Waals surface area (Å²) < 4.78 is 0. The second kappa shape index (κ2) is 6.84. The van der Waals surface area contributed by atoms with Crippen LogP contribution in [0.4, 0.5) is 5.69 Å². The summed E-state index contributed by atoms with van der Waals surface area (Å²) >= 11 is 0. The molecule has 1 atom stereocenters. The summed E-state index contributed by atoms with van der Waals surface area (Å²) in [5.74, 6) is -0.219. The topological polar surface area (TPSA) is 79.7 Å². The average Bonchev–Trinajstić information content (AvgIpc) is 3.25. The van der Waals surface area contributed by atoms with E-state index in [4.69, 9.17) is 4.84 Å². The zero-order chi connectivity index (χ0) is 18.0. The zero-order valence-corrected chi connectivity index (χ0v) is 14.7. The highest BCUT2D eigenvalue weighted by atomic mass is 16.7. The van der Waals surface area contributed by atoms with Gasteiger partial charge in [-0.15, -0.1) is 0 Å². The third kappa shape index (κ3) is 3.43. The molecule has 4 rings (SSSR count). The zero-order valence-electron chi connectivity index (χ0n) is 14.7. The van der Waals surface area contributed by atoms with Crippen LogP contribution in [-0.4, -0.2) is 45.2 Å². The summed E-state index contributed by atoms with van der Waals surface area (Å²) in [6.45, 7) is 4.36. The summed E-state index contributed by atoms with van der Waals surface area (Å²) in [5, 5.41) is 6.96. The highest BCUT2D eigenvalue weighted by molar-refractivity contribution is 6.43. The third-order valence-electron chi connectivity index (χ3n) is 4.88. The van der Waals surface area contributed by atoms with E-state index in [2.05, 4.69) is 31.4 Å². The minimum atomic E-state index is -0.390. The number of hydrogen-bond acceptors (Lipinski definition) is 6. The van der Waals surface area contributed by atoms with Crippen molar-refractivity contribution >= 4 is 17.3 Å². The van der Waals surface area contributed by atoms with Gasteiger partial charge in [0.1, 0.15) is 5.71 Å². The molecule has 134 valence electrons. The van der Waals surface area contributed by atoms with Crippen molar-refractivity contribution in [2.45, 2.75) is 31.9 Å². The fourth-order valence-electron chi connectivity index (χ4n) is 3.49. The Labute approximate surface area is 152 Å². The molecule has 1 fully saturated rings. The first-order valence-electron chi connectivity index (χ1n) is 8.73. The molecule has 1 amide bonds. The molecule has 7 nitrogen and oxygen atoms in total. The number of anilines is 1. The first-order chi connectivity index (χ1) is 12.6. The molecule has 2 aliphatic heterocycles. The maximum atomic E-state index is 12.5. The summed E-state index contributed by atoms with van der Waals surface area (Å²) in [6, 6.07) is 7.64. The molecule has 1 unspecified atom stereocenters. The molecular weight excluding hydrogens is 330 g/mol. The lowest BCUT2D eigenvalue weighted by atomic mass is 9.96. The van der Waals surface area contributed by atoms with E-state index in [0.717, 1.165) is 31.7 Å². The Balaban J connectivity index is 1.36. The minimum absolute atomic E-state index is 0.219. The Morgan fingerprint density at radius 3 is 3.04 bits per heavy atom. The van der Waals surface area contributed by atoms with Crippen LogP contribution in [0.25, 0.3) is 0 Å². The van der Waals surface area contributed by atoms with Crippen LogP contribution in [0.15, 0.2) is 48.0 Å². The van der Waals surface area contributed by atoms with E-state index in [-0.39, 0.29) is 5.91 Å². The molecule has 2 aromatic heterocycles. The van der Waals surface area contributed by atoms with Gasteiger partial charge in [-0.2, -0.15) is 0 Å². The average molecular weight is 351 g/mol. The lowest BCUT2D eigenvalue weighted by Gasteiger charge is -2.21. The van der Waals surface area contributed by atoms with E-state index in [1.807, 2.05) is 25.3 Å². The molecule has 0 aliphatic carbocycles. The van der Waals surface area contributed by atoms with Gasteiger partial charge in [0.15, 0.2) is 5.60 Å². The third-order valence-corrected chi connectivity index (χ3v) is 4.88. The van der Waals surface area contributed by atoms with Crippen molar-refractivity contribution in [3.05, 3.63) is 54.1 Å². The fraction of sp³-hybridized carbons (Fsp3) is 0.368. The Morgan fingerprint density at radius 2 is 2.23 bits per heavy atom. The molecule has 7 heteroatoms. The maximum absolute atomic E-state index is 12.5. The fourth-order valence-corrected chi connectivity index (χ4v) is 3.49. The number of carbonyl (C=O) groups is 1. The van der Waals surface area contributed by atoms with Gasteiger partial charge < -0.3 is 10.2 Å². The lowest BCUT2D eigenvalue weighted by Crippen LogP contribution is -2.35. The standard InChI is InChI=1S/C19H21N5O2/c1-14-16(5-3-8-21-14)22-18(25)17-10-19(26-23-17)6-9-24(13-19)12-15-4-2-7-20-11-15/h2-5,7-8,11H,6,9-10,12-13H2,1H3,(H,22,25). The summed E-state index contributed by atoms with van der Waals surface area (Å²) in [7, 11) is 0. The molecule has 26 heavy (non-hydrogen) atoms. The van der Waals surface area contributed by atoms with Crippen LogP contribution in [0.5, 0.6) is 0 Å². The van der Waals surface area contributed by atoms with Gasteiger partial charge in [0.25, 0.3) is 5.91 Å². The first-order valence-corrected chi connectivity index (χ1v) is 8.73. The van der Waals surface area contributed by atoms with E-state index >= 15 is 0 Å². The number of nitrogens with one attached hydrogen (secondary N) is 1. The number of rotatable bonds is 4. The van der Waals surface area contributed by atoms with E-state index in [1.54, 1.807) is 18.5 Å². The van der Waals surface area contributed by atoms with Crippen LogP contribution >= 0.6 is 0 Å². The monoisotopic (exact) mass is 351 g/mol. The van der Waals surface area contributed by atoms with Crippen molar-refractivity contribution in [3.63, 3.8) is 0 Å². The van der Waals surface area contributed by atoms with Crippen LogP contribution < -0.4 is 5.32 Å². The predicted molar refractivity (Wildman–Crippen MR) is 97.6 cm³/mol. The molecule has 0 radical (unpaired) electrons. The van der Waals surface area contributed by atoms with E-state index in [0.29, 0.717) is 17.8 Å². The van der Waals surface area contributed by atoms with Crippen LogP contribution in [-0.2, 0) is 16.2 Å². The van der Waals surface area contributed by atoms with E-state index < -0.39 is 5.60 Å². The van der Waals surface area contributed by atoms with Crippen LogP contribution in [0.3, 0.4) is 0 Å². The Hall–Kier alpha value is -2.80. The summed E-state index contributed by atoms with van der Waals surface area (Å²) in [4.78, 5) is 28.9. The van der Waals surface area contributed by atoms with Gasteiger partial charge in [-0.05, 0) is 30.7 Å². The maximum Gasteiger partial charge on any atom is 0.273 e. The van der Waals surface area contributed by atoms with Gasteiger partial charge in [-0.25, -0.2) is 0 Å². The van der Waals surface area contributed by atoms with Gasteiger partial charge in [-0.1, -0.05) is 11.2 Å². The molecular formula is C19H21N5O2. The van der Waals surface area contributed by atoms with Crippen molar-refractivity contribution in [2.24, 2.45) is 5.16 Å². The van der Waals surface area contributed by atoms with Gasteiger partial charge >= 0.3 is 0 Å². The van der Waals surface area contributed by atoms with Gasteiger partial charge in [0, 0.05) is 51.1 Å². The smallest absolute Gasteiger partial charge is 0.273 e. The molecule has 1 saturated heterocycles. The molecule has 0 aromatic carbocycles. The van der Waals surface area contributed by atoms with Gasteiger partial charge in [0.05, 0.1) is 11.4 Å². The number of likely N-dealkylation sites (tertiary alicyclic amines) is 1. The van der Waals surface area contributed by atoms with Crippen LogP contribution in [0.2, 0.25) is 0 Å². The van der Waals surface area contributed by atoms with E-state index in [1.165, 1.54) is 5.56 Å². The second-order valence-electron chi connectivity index (χ2n) is 6.90. The summed E-state index contributed by atoms with van der Waals surface area (Å²) in [6.07, 6.45) is 6.75. The van der Waals surface area contributed by atoms with Crippen molar-refractivity contribution in [1.82, 2.24) is 14.9 Å². The molecule has 0 bridgehead atoms. The lowest BCUT2D eigenvalue weighted by molar-refractivity contribution is -0.110. The number of amides is 1. The molecule has 2 aliphatic rings. The number of pyridine rings is 2. The van der Waals surface area contributed by atoms with Crippen molar-refractivity contribution < 1.29 is 9.63 Å². The normalized spacial score (nSPS) is 22.3. The molecule has 0 saturated carbocycles. The number of carbonyl (C=O) groups excluding carboxylic acids is 1. The highest BCUT2D eigenvalue weighted by Crippen LogP contribution is 2.34. The van der Waals surface area contributed by atoms with Crippen molar-refractivity contribution in [3.8, 4) is 0 Å². The highest BCUT2D eigenvalue weighted by Gasteiger charge is 2.46. The van der Waals surface area contributed by atoms with Crippen molar-refractivity contribution in [2.75, 3.05) is 18.4 Å². The predicted octanol–water partition coefficient (Wildman–Crippen LogP) is 2.14. The second-order valence-corrected chi connectivity index (χ2v) is 6.90. The largest absolute Gasteiger partial charge is 0.387 e. The number of hydrogen-bond donors (Lipinski definition) is 1. The SMILES string of the molecule is Cc1ncccc1NC(=O)C1=NOC2(CCN(Cc3cccnc3)C2)C1. The Morgan fingerprint density at radius 1 is 1.35 bits per heavy atom. The van der Waals surface area contributed by atoms with Crippen LogP contribution in [0, 0.1) is 6.92 Å². The first kappa shape index (κ1) is 16.7. The molecule has 4 heterocycles. The molecule has 1 N–H and O–H groups in total. The van der Waals surface area contributed by atoms with E-state index in [9.17, 15) is 4.79 Å². The number of nitrogens with zero attached hydrogens (tertiary/aromatic N) is 4. The Bertz CT molecular complexity index is 839. The van der Waals surface area contributed by atoms with Crippen molar-refractivity contribution in [1.29, 1.82) is 0 Å². The van der Waals surface area contributed by atoms with Crippen LogP contribution in [0.1, 0.15) is 24.1 Å². The van der Waals surface area contributed by atoms with Gasteiger partial charge in [0.2, 0.25) is 0 Å². The number of aryl methyl sites for hydroxylation is 1. The Kier molecular flexibility index (Phi) is 4.38. The summed E-state index contributed by atoms with van der Waals surface area (Å²) in [5.41, 5.74) is 2.70. The quantitative estimate of drug-likeness (QED) is 0.913. The number of aromatic nitrogens is 2. The minimum Gasteiger partial charge on any atom is -0.387 e. The molecule has 1 spiro atoms.